The average Bonchev–Trinajstić information content (AvgIpc) is 3.03. The van der Waals surface area contributed by atoms with Crippen molar-refractivity contribution in [3.63, 3.8) is 0 Å². The molecular weight excluding hydrogens is 570 g/mol. The third kappa shape index (κ3) is 8.10. The first kappa shape index (κ1) is 31.0. The lowest BCUT2D eigenvalue weighted by molar-refractivity contribution is -0.119. The number of nitrogens with zero attached hydrogens (tertiary/aromatic N) is 5. The van der Waals surface area contributed by atoms with Crippen LogP contribution >= 0.6 is 11.6 Å². The fraction of sp³-hybridized carbons (Fsp3) is 0.258. The Morgan fingerprint density at radius 3 is 1.74 bits per heavy atom. The fourth-order valence-electron chi connectivity index (χ4n) is 4.33. The van der Waals surface area contributed by atoms with Crippen molar-refractivity contribution >= 4 is 46.7 Å². The van der Waals surface area contributed by atoms with Gasteiger partial charge in [0.05, 0.1) is 14.2 Å². The quantitative estimate of drug-likeness (QED) is 0.237. The Bertz CT molecular complexity index is 1520. The SMILES string of the molecule is COc1ccc(N(C)C(=O)[C@H](C)Nc2nc(Cl)nc(N[C@@H](Cc3ccccc3)C(=O)N(C)c3ccc(OC)cc3)n2)cc1. The summed E-state index contributed by atoms with van der Waals surface area (Å²) in [6.07, 6.45) is 0.355. The topological polar surface area (TPSA) is 122 Å². The highest BCUT2D eigenvalue weighted by Crippen LogP contribution is 2.22. The molecule has 0 saturated carbocycles. The van der Waals surface area contributed by atoms with Crippen LogP contribution in [0.25, 0.3) is 0 Å². The van der Waals surface area contributed by atoms with Crippen molar-refractivity contribution in [3.05, 3.63) is 89.7 Å². The second-order valence-electron chi connectivity index (χ2n) is 9.69. The summed E-state index contributed by atoms with van der Waals surface area (Å²) in [6, 6.07) is 22.5. The monoisotopic (exact) mass is 603 g/mol. The van der Waals surface area contributed by atoms with Gasteiger partial charge < -0.3 is 29.9 Å². The van der Waals surface area contributed by atoms with Crippen LogP contribution in [0.3, 0.4) is 0 Å². The molecule has 0 radical (unpaired) electrons. The molecule has 0 unspecified atom stereocenters. The maximum atomic E-state index is 13.7. The lowest BCUT2D eigenvalue weighted by Crippen LogP contribution is -2.43. The van der Waals surface area contributed by atoms with Crippen LogP contribution in [0.4, 0.5) is 23.3 Å². The highest BCUT2D eigenvalue weighted by atomic mass is 35.5. The molecule has 11 nitrogen and oxygen atoms in total. The number of nitrogens with one attached hydrogen (secondary N) is 2. The minimum Gasteiger partial charge on any atom is -0.497 e. The van der Waals surface area contributed by atoms with E-state index in [1.807, 2.05) is 30.3 Å². The minimum absolute atomic E-state index is 0.0842. The molecule has 2 amide bonds. The van der Waals surface area contributed by atoms with E-state index in [0.717, 1.165) is 5.56 Å². The summed E-state index contributed by atoms with van der Waals surface area (Å²) in [5.74, 6) is 1.10. The molecule has 2 N–H and O–H groups in total. The standard InChI is InChI=1S/C31H34ClN7O4/c1-20(27(40)38(2)22-11-15-24(42-4)16-12-22)33-30-35-29(32)36-31(37-30)34-26(19-21-9-7-6-8-10-21)28(41)39(3)23-13-17-25(43-5)18-14-23/h6-18,20,26H,19H2,1-5H3,(H2,33,34,35,36,37)/t20-,26-/m0/s1. The molecule has 0 saturated heterocycles. The molecule has 4 aromatic rings. The molecule has 0 bridgehead atoms. The average molecular weight is 604 g/mol. The summed E-state index contributed by atoms with van der Waals surface area (Å²) in [5.41, 5.74) is 2.32. The maximum absolute atomic E-state index is 13.7. The van der Waals surface area contributed by atoms with E-state index in [9.17, 15) is 9.59 Å². The lowest BCUT2D eigenvalue weighted by atomic mass is 10.0. The number of methoxy groups -OCH3 is 2. The van der Waals surface area contributed by atoms with Gasteiger partial charge in [-0.25, -0.2) is 0 Å². The number of halogens is 1. The van der Waals surface area contributed by atoms with Gasteiger partial charge >= 0.3 is 0 Å². The van der Waals surface area contributed by atoms with Crippen LogP contribution < -0.4 is 29.9 Å². The van der Waals surface area contributed by atoms with Crippen LogP contribution in [-0.2, 0) is 16.0 Å². The first-order valence-corrected chi connectivity index (χ1v) is 13.9. The molecular formula is C31H34ClN7O4. The van der Waals surface area contributed by atoms with E-state index in [-0.39, 0.29) is 29.0 Å². The number of benzene rings is 3. The minimum atomic E-state index is -0.749. The van der Waals surface area contributed by atoms with E-state index in [1.54, 1.807) is 88.7 Å². The molecule has 0 fully saturated rings. The molecule has 3 aromatic carbocycles. The normalized spacial score (nSPS) is 12.0. The van der Waals surface area contributed by atoms with Gasteiger partial charge in [-0.1, -0.05) is 30.3 Å². The van der Waals surface area contributed by atoms with Crippen molar-refractivity contribution in [1.29, 1.82) is 0 Å². The van der Waals surface area contributed by atoms with Crippen LogP contribution in [0.5, 0.6) is 11.5 Å². The second-order valence-corrected chi connectivity index (χ2v) is 10.0. The smallest absolute Gasteiger partial charge is 0.249 e. The lowest BCUT2D eigenvalue weighted by Gasteiger charge is -2.25. The first-order valence-electron chi connectivity index (χ1n) is 13.5. The summed E-state index contributed by atoms with van der Waals surface area (Å²) in [4.78, 5) is 42.7. The summed E-state index contributed by atoms with van der Waals surface area (Å²) < 4.78 is 10.4. The Labute approximate surface area is 255 Å². The Hall–Kier alpha value is -4.90. The van der Waals surface area contributed by atoms with Crippen molar-refractivity contribution in [1.82, 2.24) is 15.0 Å². The largest absolute Gasteiger partial charge is 0.497 e. The van der Waals surface area contributed by atoms with E-state index in [1.165, 1.54) is 4.90 Å². The molecule has 0 aliphatic rings. The molecule has 224 valence electrons. The van der Waals surface area contributed by atoms with Gasteiger partial charge in [0.25, 0.3) is 0 Å². The summed E-state index contributed by atoms with van der Waals surface area (Å²) in [5, 5.41) is 6.03. The third-order valence-electron chi connectivity index (χ3n) is 6.79. The molecule has 0 spiro atoms. The van der Waals surface area contributed by atoms with Gasteiger partial charge in [0.1, 0.15) is 23.6 Å². The zero-order valence-corrected chi connectivity index (χ0v) is 25.4. The number of carbonyl (C=O) groups is 2. The Morgan fingerprint density at radius 1 is 0.744 bits per heavy atom. The number of hydrogen-bond acceptors (Lipinski definition) is 9. The highest BCUT2D eigenvalue weighted by Gasteiger charge is 2.26. The van der Waals surface area contributed by atoms with Gasteiger partial charge in [-0.15, -0.1) is 0 Å². The number of ether oxygens (including phenoxy) is 2. The predicted molar refractivity (Wildman–Crippen MR) is 168 cm³/mol. The fourth-order valence-corrected chi connectivity index (χ4v) is 4.49. The Balaban J connectivity index is 1.53. The molecule has 0 aliphatic heterocycles. The number of carbonyl (C=O) groups excluding carboxylic acids is 2. The van der Waals surface area contributed by atoms with Crippen molar-refractivity contribution in [2.24, 2.45) is 0 Å². The van der Waals surface area contributed by atoms with Gasteiger partial charge in [0.15, 0.2) is 0 Å². The van der Waals surface area contributed by atoms with Crippen LogP contribution in [0.2, 0.25) is 5.28 Å². The second kappa shape index (κ2) is 14.3. The summed E-state index contributed by atoms with van der Waals surface area (Å²) >= 11 is 6.25. The molecule has 0 aliphatic carbocycles. The van der Waals surface area contributed by atoms with Crippen molar-refractivity contribution in [2.45, 2.75) is 25.4 Å². The van der Waals surface area contributed by atoms with Crippen molar-refractivity contribution in [3.8, 4) is 11.5 Å². The van der Waals surface area contributed by atoms with Crippen LogP contribution in [0.15, 0.2) is 78.9 Å². The number of likely N-dealkylation sites (N-methyl/N-ethyl adjacent to an activating group) is 2. The molecule has 12 heteroatoms. The number of aromatic nitrogens is 3. The van der Waals surface area contributed by atoms with Crippen LogP contribution in [0.1, 0.15) is 12.5 Å². The van der Waals surface area contributed by atoms with Gasteiger partial charge in [-0.3, -0.25) is 9.59 Å². The number of rotatable bonds is 12. The number of amides is 2. The molecule has 2 atom stereocenters. The van der Waals surface area contributed by atoms with E-state index < -0.39 is 12.1 Å². The van der Waals surface area contributed by atoms with Gasteiger partial charge in [-0.05, 0) is 72.6 Å². The first-order chi connectivity index (χ1) is 20.7. The van der Waals surface area contributed by atoms with Gasteiger partial charge in [0.2, 0.25) is 29.0 Å². The summed E-state index contributed by atoms with van der Waals surface area (Å²) in [6.45, 7) is 1.69. The zero-order chi connectivity index (χ0) is 30.9. The Morgan fingerprint density at radius 2 is 1.23 bits per heavy atom. The molecule has 1 aromatic heterocycles. The van der Waals surface area contributed by atoms with Gasteiger partial charge in [-0.2, -0.15) is 15.0 Å². The molecule has 43 heavy (non-hydrogen) atoms. The molecule has 4 rings (SSSR count). The maximum Gasteiger partial charge on any atom is 0.249 e. The van der Waals surface area contributed by atoms with E-state index in [0.29, 0.717) is 29.3 Å². The predicted octanol–water partition coefficient (Wildman–Crippen LogP) is 4.69. The number of anilines is 4. The van der Waals surface area contributed by atoms with Gasteiger partial charge in [0, 0.05) is 31.9 Å². The van der Waals surface area contributed by atoms with E-state index in [2.05, 4.69) is 25.6 Å². The van der Waals surface area contributed by atoms with Crippen LogP contribution in [-0.4, -0.2) is 67.2 Å². The zero-order valence-electron chi connectivity index (χ0n) is 24.6. The van der Waals surface area contributed by atoms with Crippen molar-refractivity contribution < 1.29 is 19.1 Å². The summed E-state index contributed by atoms with van der Waals surface area (Å²) in [7, 11) is 6.54. The number of hydrogen-bond donors (Lipinski definition) is 2. The van der Waals surface area contributed by atoms with E-state index in [4.69, 9.17) is 21.1 Å². The van der Waals surface area contributed by atoms with Crippen molar-refractivity contribution in [2.75, 3.05) is 48.7 Å². The molecule has 1 heterocycles. The highest BCUT2D eigenvalue weighted by molar-refractivity contribution is 6.28. The third-order valence-corrected chi connectivity index (χ3v) is 6.96. The van der Waals surface area contributed by atoms with Crippen LogP contribution in [0, 0.1) is 0 Å². The van der Waals surface area contributed by atoms with E-state index >= 15 is 0 Å². The Kier molecular flexibility index (Phi) is 10.3.